The van der Waals surface area contributed by atoms with Gasteiger partial charge in [-0.3, -0.25) is 0 Å². The molecule has 2 unspecified atom stereocenters. The fourth-order valence-corrected chi connectivity index (χ4v) is 1.13. The van der Waals surface area contributed by atoms with E-state index in [0.29, 0.717) is 0 Å². The van der Waals surface area contributed by atoms with E-state index in [9.17, 15) is 0 Å². The molecule has 11 heavy (non-hydrogen) atoms. The number of furan rings is 1. The number of ether oxygens (including phenoxy) is 2. The van der Waals surface area contributed by atoms with Crippen molar-refractivity contribution in [1.82, 2.24) is 0 Å². The number of epoxide rings is 1. The Balaban J connectivity index is 2.11. The summed E-state index contributed by atoms with van der Waals surface area (Å²) in [6.07, 6.45) is 1.82. The van der Waals surface area contributed by atoms with E-state index in [2.05, 4.69) is 0 Å². The van der Waals surface area contributed by atoms with E-state index in [-0.39, 0.29) is 12.2 Å². The minimum Gasteiger partial charge on any atom is -0.466 e. The van der Waals surface area contributed by atoms with Crippen molar-refractivity contribution in [2.75, 3.05) is 13.7 Å². The standard InChI is InChI=1S/C8H10O3/c1-9-8(7-5-11-7)6-3-2-4-10-6/h2-4,7-8H,5H2,1H3. The third-order valence-electron chi connectivity index (χ3n) is 1.77. The van der Waals surface area contributed by atoms with Crippen molar-refractivity contribution in [3.8, 4) is 0 Å². The van der Waals surface area contributed by atoms with Crippen LogP contribution in [0.15, 0.2) is 22.8 Å². The highest BCUT2D eigenvalue weighted by atomic mass is 16.6. The van der Waals surface area contributed by atoms with Crippen molar-refractivity contribution in [3.05, 3.63) is 24.2 Å². The smallest absolute Gasteiger partial charge is 0.143 e. The zero-order chi connectivity index (χ0) is 7.68. The summed E-state index contributed by atoms with van der Waals surface area (Å²) in [7, 11) is 1.66. The van der Waals surface area contributed by atoms with Crippen LogP contribution in [0.4, 0.5) is 0 Å². The Morgan fingerprint density at radius 3 is 3.00 bits per heavy atom. The molecule has 1 fully saturated rings. The molecule has 2 heterocycles. The Morgan fingerprint density at radius 2 is 2.55 bits per heavy atom. The van der Waals surface area contributed by atoms with Gasteiger partial charge in [0.15, 0.2) is 0 Å². The molecular weight excluding hydrogens is 144 g/mol. The zero-order valence-corrected chi connectivity index (χ0v) is 6.32. The molecule has 0 radical (unpaired) electrons. The first-order chi connectivity index (χ1) is 5.42. The Hall–Kier alpha value is -0.800. The summed E-state index contributed by atoms with van der Waals surface area (Å²) >= 11 is 0. The lowest BCUT2D eigenvalue weighted by molar-refractivity contribution is 0.0587. The molecule has 1 aromatic rings. The van der Waals surface area contributed by atoms with Crippen LogP contribution in [0.2, 0.25) is 0 Å². The summed E-state index contributed by atoms with van der Waals surface area (Å²) in [5.41, 5.74) is 0. The van der Waals surface area contributed by atoms with E-state index < -0.39 is 0 Å². The molecule has 60 valence electrons. The molecule has 3 heteroatoms. The van der Waals surface area contributed by atoms with Gasteiger partial charge in [0.25, 0.3) is 0 Å². The van der Waals surface area contributed by atoms with Gasteiger partial charge < -0.3 is 13.9 Å². The van der Waals surface area contributed by atoms with Gasteiger partial charge in [-0.2, -0.15) is 0 Å². The maximum atomic E-state index is 5.20. The van der Waals surface area contributed by atoms with Crippen LogP contribution >= 0.6 is 0 Å². The van der Waals surface area contributed by atoms with E-state index in [0.717, 1.165) is 12.4 Å². The summed E-state index contributed by atoms with van der Waals surface area (Å²) < 4.78 is 15.5. The van der Waals surface area contributed by atoms with Gasteiger partial charge >= 0.3 is 0 Å². The molecule has 0 amide bonds. The molecule has 2 atom stereocenters. The monoisotopic (exact) mass is 154 g/mol. The average Bonchev–Trinajstić information content (AvgIpc) is 2.68. The second-order valence-electron chi connectivity index (χ2n) is 2.54. The fourth-order valence-electron chi connectivity index (χ4n) is 1.13. The molecule has 0 aliphatic carbocycles. The van der Waals surface area contributed by atoms with Crippen molar-refractivity contribution in [2.45, 2.75) is 12.2 Å². The lowest BCUT2D eigenvalue weighted by Crippen LogP contribution is -2.06. The normalized spacial score (nSPS) is 25.0. The van der Waals surface area contributed by atoms with Gasteiger partial charge in [0.2, 0.25) is 0 Å². The first-order valence-electron chi connectivity index (χ1n) is 3.59. The molecule has 0 N–H and O–H groups in total. The number of hydrogen-bond acceptors (Lipinski definition) is 3. The largest absolute Gasteiger partial charge is 0.466 e. The molecule has 1 aliphatic rings. The predicted molar refractivity (Wildman–Crippen MR) is 38.2 cm³/mol. The highest BCUT2D eigenvalue weighted by Gasteiger charge is 2.35. The molecule has 3 nitrogen and oxygen atoms in total. The maximum Gasteiger partial charge on any atom is 0.143 e. The van der Waals surface area contributed by atoms with Crippen LogP contribution in [0.3, 0.4) is 0 Å². The fraction of sp³-hybridized carbons (Fsp3) is 0.500. The van der Waals surface area contributed by atoms with Gasteiger partial charge in [0.05, 0.1) is 12.9 Å². The molecule has 2 rings (SSSR count). The van der Waals surface area contributed by atoms with Crippen molar-refractivity contribution in [2.24, 2.45) is 0 Å². The quantitative estimate of drug-likeness (QED) is 0.616. The van der Waals surface area contributed by atoms with Crippen LogP contribution in [-0.2, 0) is 9.47 Å². The van der Waals surface area contributed by atoms with E-state index in [1.165, 1.54) is 0 Å². The summed E-state index contributed by atoms with van der Waals surface area (Å²) in [5, 5.41) is 0. The SMILES string of the molecule is COC(c1ccco1)C1CO1. The number of hydrogen-bond donors (Lipinski definition) is 0. The minimum absolute atomic E-state index is 0.0231. The maximum absolute atomic E-state index is 5.20. The third kappa shape index (κ3) is 1.29. The molecule has 0 spiro atoms. The summed E-state index contributed by atoms with van der Waals surface area (Å²) in [4.78, 5) is 0. The summed E-state index contributed by atoms with van der Waals surface area (Å²) in [6.45, 7) is 0.777. The third-order valence-corrected chi connectivity index (χ3v) is 1.77. The predicted octanol–water partition coefficient (Wildman–Crippen LogP) is 1.37. The second-order valence-corrected chi connectivity index (χ2v) is 2.54. The van der Waals surface area contributed by atoms with Crippen LogP contribution < -0.4 is 0 Å². The van der Waals surface area contributed by atoms with Gasteiger partial charge in [-0.1, -0.05) is 0 Å². The van der Waals surface area contributed by atoms with Gasteiger partial charge in [0, 0.05) is 7.11 Å². The van der Waals surface area contributed by atoms with Crippen molar-refractivity contribution >= 4 is 0 Å². The van der Waals surface area contributed by atoms with E-state index in [1.807, 2.05) is 12.1 Å². The van der Waals surface area contributed by atoms with Crippen LogP contribution in [0, 0.1) is 0 Å². The first-order valence-corrected chi connectivity index (χ1v) is 3.59. The topological polar surface area (TPSA) is 34.9 Å². The van der Waals surface area contributed by atoms with E-state index in [1.54, 1.807) is 13.4 Å². The lowest BCUT2D eigenvalue weighted by Gasteiger charge is -2.07. The van der Waals surface area contributed by atoms with E-state index >= 15 is 0 Å². The molecule has 1 saturated heterocycles. The summed E-state index contributed by atoms with van der Waals surface area (Å²) in [5.74, 6) is 0.843. The highest BCUT2D eigenvalue weighted by molar-refractivity contribution is 5.06. The molecule has 0 bridgehead atoms. The van der Waals surface area contributed by atoms with Crippen LogP contribution in [0.25, 0.3) is 0 Å². The Morgan fingerprint density at radius 1 is 1.73 bits per heavy atom. The van der Waals surface area contributed by atoms with Gasteiger partial charge in [-0.05, 0) is 12.1 Å². The highest BCUT2D eigenvalue weighted by Crippen LogP contribution is 2.30. The van der Waals surface area contributed by atoms with Gasteiger partial charge in [-0.15, -0.1) is 0 Å². The summed E-state index contributed by atoms with van der Waals surface area (Å²) in [6, 6.07) is 3.75. The van der Waals surface area contributed by atoms with Crippen molar-refractivity contribution in [1.29, 1.82) is 0 Å². The zero-order valence-electron chi connectivity index (χ0n) is 6.32. The first kappa shape index (κ1) is 6.88. The van der Waals surface area contributed by atoms with Crippen LogP contribution in [0.1, 0.15) is 11.9 Å². The second kappa shape index (κ2) is 2.68. The molecule has 1 aromatic heterocycles. The molecule has 0 saturated carbocycles. The Bertz CT molecular complexity index is 213. The van der Waals surface area contributed by atoms with E-state index in [4.69, 9.17) is 13.9 Å². The van der Waals surface area contributed by atoms with Crippen LogP contribution in [0.5, 0.6) is 0 Å². The van der Waals surface area contributed by atoms with Crippen LogP contribution in [-0.4, -0.2) is 19.8 Å². The molecular formula is C8H10O3. The van der Waals surface area contributed by atoms with Gasteiger partial charge in [0.1, 0.15) is 18.0 Å². The van der Waals surface area contributed by atoms with Crippen molar-refractivity contribution < 1.29 is 13.9 Å². The average molecular weight is 154 g/mol. The number of methoxy groups -OCH3 is 1. The van der Waals surface area contributed by atoms with Gasteiger partial charge in [-0.25, -0.2) is 0 Å². The lowest BCUT2D eigenvalue weighted by atomic mass is 10.2. The Kier molecular flexibility index (Phi) is 1.68. The Labute approximate surface area is 64.9 Å². The molecule has 0 aromatic carbocycles. The number of rotatable bonds is 3. The molecule has 1 aliphatic heterocycles. The van der Waals surface area contributed by atoms with Crippen molar-refractivity contribution in [3.63, 3.8) is 0 Å². The minimum atomic E-state index is -0.0231.